The zero-order chi connectivity index (χ0) is 20.4. The Bertz CT molecular complexity index is 1230. The number of benzene rings is 1. The van der Waals surface area contributed by atoms with Crippen molar-refractivity contribution in [2.24, 2.45) is 0 Å². The molecule has 0 bridgehead atoms. The number of thiophene rings is 1. The fourth-order valence-electron chi connectivity index (χ4n) is 3.06. The Balaban J connectivity index is 1.71. The molecule has 8 heteroatoms. The van der Waals surface area contributed by atoms with Crippen molar-refractivity contribution in [1.82, 2.24) is 14.5 Å². The number of nitrogens with one attached hydrogen (secondary N) is 1. The van der Waals surface area contributed by atoms with Gasteiger partial charge >= 0.3 is 0 Å². The molecule has 4 aromatic rings. The largest absolute Gasteiger partial charge is 0.497 e. The van der Waals surface area contributed by atoms with Gasteiger partial charge in [0, 0.05) is 17.1 Å². The van der Waals surface area contributed by atoms with Gasteiger partial charge in [-0.1, -0.05) is 18.2 Å². The van der Waals surface area contributed by atoms with Crippen LogP contribution < -0.4 is 15.6 Å². The van der Waals surface area contributed by atoms with Gasteiger partial charge in [0.15, 0.2) is 0 Å². The monoisotopic (exact) mass is 406 g/mol. The van der Waals surface area contributed by atoms with E-state index >= 15 is 0 Å². The molecular formula is C21H18N4O3S. The van der Waals surface area contributed by atoms with E-state index in [0.717, 1.165) is 16.9 Å². The first kappa shape index (κ1) is 18.8. The number of hydrogen-bond acceptors (Lipinski definition) is 6. The minimum Gasteiger partial charge on any atom is -0.497 e. The van der Waals surface area contributed by atoms with E-state index < -0.39 is 0 Å². The predicted octanol–water partition coefficient (Wildman–Crippen LogP) is 3.48. The molecule has 1 N–H and O–H groups in total. The second kappa shape index (κ2) is 7.84. The summed E-state index contributed by atoms with van der Waals surface area (Å²) in [5.74, 6) is 1.33. The maximum atomic E-state index is 13.2. The van der Waals surface area contributed by atoms with Crippen molar-refractivity contribution in [2.75, 3.05) is 12.4 Å². The number of carbonyl (C=O) groups is 1. The molecule has 3 aromatic heterocycles. The molecule has 0 aliphatic heterocycles. The Hall–Kier alpha value is -3.52. The molecule has 1 amide bonds. The molecular weight excluding hydrogens is 388 g/mol. The van der Waals surface area contributed by atoms with Gasteiger partial charge in [-0.15, -0.1) is 11.3 Å². The molecule has 0 fully saturated rings. The molecule has 0 radical (unpaired) electrons. The van der Waals surface area contributed by atoms with Crippen molar-refractivity contribution >= 4 is 33.3 Å². The first-order valence-corrected chi connectivity index (χ1v) is 9.78. The van der Waals surface area contributed by atoms with E-state index in [1.807, 2.05) is 29.6 Å². The van der Waals surface area contributed by atoms with Gasteiger partial charge in [-0.05, 0) is 36.8 Å². The van der Waals surface area contributed by atoms with E-state index in [1.54, 1.807) is 38.4 Å². The lowest BCUT2D eigenvalue weighted by Crippen LogP contribution is -2.30. The SMILES string of the molecule is COc1ccc(-c2csc3nc(C)n(CC(=O)Nc4ccccn4)c(=O)c23)cc1. The van der Waals surface area contributed by atoms with Crippen LogP contribution in [0.3, 0.4) is 0 Å². The number of aryl methyl sites for hydroxylation is 1. The van der Waals surface area contributed by atoms with Gasteiger partial charge in [-0.2, -0.15) is 0 Å². The number of nitrogens with zero attached hydrogens (tertiary/aromatic N) is 3. The summed E-state index contributed by atoms with van der Waals surface area (Å²) in [4.78, 5) is 34.9. The molecule has 4 rings (SSSR count). The molecule has 0 atom stereocenters. The standard InChI is InChI=1S/C21H18N4O3S/c1-13-23-20-19(16(12-29-20)14-6-8-15(28-2)9-7-14)21(27)25(13)11-18(26)24-17-5-3-4-10-22-17/h3-10,12H,11H2,1-2H3,(H,22,24,26). The van der Waals surface area contributed by atoms with Gasteiger partial charge < -0.3 is 10.1 Å². The van der Waals surface area contributed by atoms with Crippen LogP contribution in [0.4, 0.5) is 5.82 Å². The summed E-state index contributed by atoms with van der Waals surface area (Å²) in [5, 5.41) is 5.12. The third-order valence-corrected chi connectivity index (χ3v) is 5.39. The van der Waals surface area contributed by atoms with Crippen molar-refractivity contribution in [3.63, 3.8) is 0 Å². The normalized spacial score (nSPS) is 10.8. The molecule has 0 spiro atoms. The summed E-state index contributed by atoms with van der Waals surface area (Å²) in [6, 6.07) is 12.7. The number of rotatable bonds is 5. The number of ether oxygens (including phenoxy) is 1. The third-order valence-electron chi connectivity index (χ3n) is 4.52. The lowest BCUT2D eigenvalue weighted by molar-refractivity contribution is -0.116. The maximum Gasteiger partial charge on any atom is 0.263 e. The number of methoxy groups -OCH3 is 1. The number of aromatic nitrogens is 3. The molecule has 0 unspecified atom stereocenters. The third kappa shape index (κ3) is 3.74. The van der Waals surface area contributed by atoms with Crippen LogP contribution in [0.25, 0.3) is 21.3 Å². The Labute approximate surface area is 170 Å². The van der Waals surface area contributed by atoms with Crippen LogP contribution in [-0.4, -0.2) is 27.6 Å². The van der Waals surface area contributed by atoms with Crippen molar-refractivity contribution in [2.45, 2.75) is 13.5 Å². The fourth-order valence-corrected chi connectivity index (χ4v) is 4.04. The minimum absolute atomic E-state index is 0.137. The second-order valence-corrected chi connectivity index (χ2v) is 7.23. The highest BCUT2D eigenvalue weighted by Gasteiger charge is 2.17. The average Bonchev–Trinajstić information content (AvgIpc) is 3.15. The molecule has 0 aliphatic rings. The lowest BCUT2D eigenvalue weighted by Gasteiger charge is -2.10. The summed E-state index contributed by atoms with van der Waals surface area (Å²) in [7, 11) is 1.61. The van der Waals surface area contributed by atoms with Crippen LogP contribution in [0.5, 0.6) is 5.75 Å². The van der Waals surface area contributed by atoms with Crippen LogP contribution in [-0.2, 0) is 11.3 Å². The number of fused-ring (bicyclic) bond motifs is 1. The zero-order valence-electron chi connectivity index (χ0n) is 15.9. The molecule has 146 valence electrons. The average molecular weight is 406 g/mol. The molecule has 0 aliphatic carbocycles. The van der Waals surface area contributed by atoms with E-state index in [2.05, 4.69) is 15.3 Å². The van der Waals surface area contributed by atoms with Gasteiger partial charge in [-0.25, -0.2) is 9.97 Å². The maximum absolute atomic E-state index is 13.2. The number of amides is 1. The molecule has 29 heavy (non-hydrogen) atoms. The molecule has 7 nitrogen and oxygen atoms in total. The fraction of sp³-hybridized carbons (Fsp3) is 0.143. The number of pyridine rings is 1. The predicted molar refractivity (Wildman–Crippen MR) is 113 cm³/mol. The van der Waals surface area contributed by atoms with E-state index in [1.165, 1.54) is 15.9 Å². The van der Waals surface area contributed by atoms with E-state index in [4.69, 9.17) is 4.74 Å². The highest BCUT2D eigenvalue weighted by atomic mass is 32.1. The van der Waals surface area contributed by atoms with Crippen LogP contribution in [0.15, 0.2) is 58.8 Å². The highest BCUT2D eigenvalue weighted by Crippen LogP contribution is 2.31. The summed E-state index contributed by atoms with van der Waals surface area (Å²) in [6.07, 6.45) is 1.59. The first-order chi connectivity index (χ1) is 14.1. The molecule has 0 saturated carbocycles. The summed E-state index contributed by atoms with van der Waals surface area (Å²) in [6.45, 7) is 1.59. The molecule has 3 heterocycles. The van der Waals surface area contributed by atoms with Crippen molar-refractivity contribution < 1.29 is 9.53 Å². The van der Waals surface area contributed by atoms with Crippen LogP contribution in [0, 0.1) is 6.92 Å². The molecule has 0 saturated heterocycles. The summed E-state index contributed by atoms with van der Waals surface area (Å²) in [5.41, 5.74) is 1.45. The van der Waals surface area contributed by atoms with Crippen molar-refractivity contribution in [3.05, 3.63) is 70.2 Å². The summed E-state index contributed by atoms with van der Waals surface area (Å²) >= 11 is 1.41. The van der Waals surface area contributed by atoms with Gasteiger partial charge in [0.1, 0.15) is 28.8 Å². The van der Waals surface area contributed by atoms with Gasteiger partial charge in [0.05, 0.1) is 12.5 Å². The van der Waals surface area contributed by atoms with E-state index in [0.29, 0.717) is 21.9 Å². The topological polar surface area (TPSA) is 86.1 Å². The Kier molecular flexibility index (Phi) is 5.09. The number of carbonyl (C=O) groups excluding carboxylic acids is 1. The smallest absolute Gasteiger partial charge is 0.263 e. The Morgan fingerprint density at radius 3 is 2.69 bits per heavy atom. The second-order valence-electron chi connectivity index (χ2n) is 6.37. The lowest BCUT2D eigenvalue weighted by atomic mass is 10.1. The first-order valence-electron chi connectivity index (χ1n) is 8.91. The van der Waals surface area contributed by atoms with Crippen LogP contribution in [0.1, 0.15) is 5.82 Å². The van der Waals surface area contributed by atoms with E-state index in [9.17, 15) is 9.59 Å². The van der Waals surface area contributed by atoms with Crippen molar-refractivity contribution in [1.29, 1.82) is 0 Å². The minimum atomic E-state index is -0.337. The quantitative estimate of drug-likeness (QED) is 0.548. The number of anilines is 1. The number of hydrogen-bond donors (Lipinski definition) is 1. The van der Waals surface area contributed by atoms with E-state index in [-0.39, 0.29) is 18.0 Å². The van der Waals surface area contributed by atoms with Gasteiger partial charge in [-0.3, -0.25) is 14.2 Å². The van der Waals surface area contributed by atoms with Gasteiger partial charge in [0.25, 0.3) is 5.56 Å². The van der Waals surface area contributed by atoms with Gasteiger partial charge in [0.2, 0.25) is 5.91 Å². The summed E-state index contributed by atoms with van der Waals surface area (Å²) < 4.78 is 6.59. The highest BCUT2D eigenvalue weighted by molar-refractivity contribution is 7.17. The Morgan fingerprint density at radius 1 is 1.21 bits per heavy atom. The Morgan fingerprint density at radius 2 is 2.00 bits per heavy atom. The van der Waals surface area contributed by atoms with Crippen molar-refractivity contribution in [3.8, 4) is 16.9 Å². The molecule has 1 aromatic carbocycles. The van der Waals surface area contributed by atoms with Crippen LogP contribution in [0.2, 0.25) is 0 Å². The van der Waals surface area contributed by atoms with Crippen LogP contribution >= 0.6 is 11.3 Å². The zero-order valence-corrected chi connectivity index (χ0v) is 16.7.